The molecule has 0 N–H and O–H groups in total. The van der Waals surface area contributed by atoms with Crippen molar-refractivity contribution in [3.8, 4) is 11.5 Å². The van der Waals surface area contributed by atoms with Crippen molar-refractivity contribution in [1.29, 1.82) is 0 Å². The van der Waals surface area contributed by atoms with E-state index < -0.39 is 0 Å². The molecule has 5 rings (SSSR count). The Morgan fingerprint density at radius 2 is 1.32 bits per heavy atom. The number of aliphatic imine (C=N–C) groups is 2. The molecule has 0 saturated carbocycles. The van der Waals surface area contributed by atoms with E-state index in [1.54, 1.807) is 0 Å². The van der Waals surface area contributed by atoms with E-state index >= 15 is 0 Å². The summed E-state index contributed by atoms with van der Waals surface area (Å²) in [6.45, 7) is 1.78. The molecular weight excluding hydrogens is 292 g/mol. The first-order valence-corrected chi connectivity index (χ1v) is 8.38. The summed E-state index contributed by atoms with van der Waals surface area (Å²) in [6, 6.07) is 8.78. The average molecular weight is 306 g/mol. The first kappa shape index (κ1) is 12.5. The highest BCUT2D eigenvalue weighted by Gasteiger charge is 2.22. The lowest BCUT2D eigenvalue weighted by Gasteiger charge is -2.24. The second kappa shape index (κ2) is 4.71. The van der Waals surface area contributed by atoms with Gasteiger partial charge < -0.3 is 4.74 Å². The predicted octanol–water partition coefficient (Wildman–Crippen LogP) is 3.89. The molecule has 2 aromatic rings. The van der Waals surface area contributed by atoms with E-state index in [0.29, 0.717) is 0 Å². The Labute approximate surface area is 133 Å². The molecule has 0 spiro atoms. The zero-order valence-electron chi connectivity index (χ0n) is 12.0. The summed E-state index contributed by atoms with van der Waals surface area (Å²) in [5.74, 6) is 1.88. The Hall–Kier alpha value is -2.07. The van der Waals surface area contributed by atoms with Gasteiger partial charge in [0.1, 0.15) is 11.5 Å². The van der Waals surface area contributed by atoms with Crippen LogP contribution < -0.4 is 4.74 Å². The third kappa shape index (κ3) is 1.91. The number of rotatable bonds is 0. The van der Waals surface area contributed by atoms with E-state index in [4.69, 9.17) is 4.74 Å². The number of nitrogens with zero attached hydrogens (tertiary/aromatic N) is 2. The molecule has 0 aromatic heterocycles. The summed E-state index contributed by atoms with van der Waals surface area (Å²) in [5, 5.41) is 0. The Balaban J connectivity index is 1.61. The topological polar surface area (TPSA) is 34.0 Å². The highest BCUT2D eigenvalue weighted by atomic mass is 32.2. The number of benzene rings is 2. The molecule has 0 radical (unpaired) electrons. The summed E-state index contributed by atoms with van der Waals surface area (Å²) >= 11 is 1.81. The molecule has 0 unspecified atom stereocenters. The summed E-state index contributed by atoms with van der Waals surface area (Å²) in [4.78, 5) is 11.2. The minimum Gasteiger partial charge on any atom is -0.455 e. The van der Waals surface area contributed by atoms with Crippen LogP contribution in [-0.4, -0.2) is 25.5 Å². The van der Waals surface area contributed by atoms with Gasteiger partial charge in [0.25, 0.3) is 0 Å². The molecule has 0 aliphatic carbocycles. The van der Waals surface area contributed by atoms with Gasteiger partial charge in [0, 0.05) is 25.5 Å². The second-order valence-electron chi connectivity index (χ2n) is 5.77. The van der Waals surface area contributed by atoms with Crippen molar-refractivity contribution in [2.24, 2.45) is 9.98 Å². The molecule has 108 valence electrons. The Morgan fingerprint density at radius 1 is 0.773 bits per heavy atom. The normalized spacial score (nSPS) is 17.1. The minimum absolute atomic E-state index is 0.890. The van der Waals surface area contributed by atoms with Gasteiger partial charge in [-0.1, -0.05) is 11.8 Å². The first-order valence-electron chi connectivity index (χ1n) is 7.56. The first-order chi connectivity index (χ1) is 10.9. The summed E-state index contributed by atoms with van der Waals surface area (Å²) in [7, 11) is 0. The molecule has 2 aromatic carbocycles. The maximum atomic E-state index is 6.17. The quantitative estimate of drug-likeness (QED) is 0.631. The molecule has 0 bridgehead atoms. The van der Waals surface area contributed by atoms with Crippen LogP contribution in [0.5, 0.6) is 11.5 Å². The molecule has 3 aliphatic heterocycles. The molecule has 22 heavy (non-hydrogen) atoms. The van der Waals surface area contributed by atoms with Gasteiger partial charge in [-0.05, 0) is 59.4 Å². The fourth-order valence-corrected chi connectivity index (χ4v) is 4.20. The number of hydrogen-bond donors (Lipinski definition) is 0. The Kier molecular flexibility index (Phi) is 2.67. The Morgan fingerprint density at radius 3 is 1.86 bits per heavy atom. The van der Waals surface area contributed by atoms with Gasteiger partial charge in [0.05, 0.1) is 9.79 Å². The molecule has 0 amide bonds. The SMILES string of the molecule is C1=NCCc2cc3c(cc21)Oc1cc2c(cc1S3)CCN=C2. The molecule has 0 fully saturated rings. The standard InChI is InChI=1S/C18H14N2OS/c1-3-19-9-13-5-15-17(7-11(1)13)22-18-8-12-2-4-20-10-14(12)6-16(18)21-15/h5-10H,1-4H2. The lowest BCUT2D eigenvalue weighted by Crippen LogP contribution is -2.07. The zero-order chi connectivity index (χ0) is 14.5. The summed E-state index contributed by atoms with van der Waals surface area (Å²) < 4.78 is 6.17. The molecule has 4 heteroatoms. The van der Waals surface area contributed by atoms with E-state index in [2.05, 4.69) is 34.3 Å². The largest absolute Gasteiger partial charge is 0.455 e. The fourth-order valence-electron chi connectivity index (χ4n) is 3.16. The van der Waals surface area contributed by atoms with E-state index in [1.807, 2.05) is 24.2 Å². The predicted molar refractivity (Wildman–Crippen MR) is 89.4 cm³/mol. The van der Waals surface area contributed by atoms with E-state index in [-0.39, 0.29) is 0 Å². The van der Waals surface area contributed by atoms with Crippen molar-refractivity contribution in [1.82, 2.24) is 0 Å². The minimum atomic E-state index is 0.890. The lowest BCUT2D eigenvalue weighted by atomic mass is 10.0. The van der Waals surface area contributed by atoms with Crippen LogP contribution in [0, 0.1) is 0 Å². The number of fused-ring (bicyclic) bond motifs is 4. The lowest BCUT2D eigenvalue weighted by molar-refractivity contribution is 0.453. The van der Waals surface area contributed by atoms with Crippen molar-refractivity contribution >= 4 is 24.2 Å². The summed E-state index contributed by atoms with van der Waals surface area (Å²) in [5.41, 5.74) is 5.12. The molecule has 0 atom stereocenters. The fraction of sp³-hybridized carbons (Fsp3) is 0.222. The number of hydrogen-bond acceptors (Lipinski definition) is 4. The van der Waals surface area contributed by atoms with E-state index in [1.165, 1.54) is 32.0 Å². The molecular formula is C18H14N2OS. The van der Waals surface area contributed by atoms with Gasteiger partial charge in [0.2, 0.25) is 0 Å². The third-order valence-electron chi connectivity index (χ3n) is 4.33. The van der Waals surface area contributed by atoms with Crippen LogP contribution in [0.25, 0.3) is 0 Å². The van der Waals surface area contributed by atoms with Gasteiger partial charge in [-0.3, -0.25) is 9.98 Å². The number of ether oxygens (including phenoxy) is 1. The van der Waals surface area contributed by atoms with E-state index in [9.17, 15) is 0 Å². The van der Waals surface area contributed by atoms with Crippen molar-refractivity contribution < 1.29 is 4.74 Å². The average Bonchev–Trinajstić information content (AvgIpc) is 2.56. The Bertz CT molecular complexity index is 785. The van der Waals surface area contributed by atoms with Crippen LogP contribution in [0.2, 0.25) is 0 Å². The second-order valence-corrected chi connectivity index (χ2v) is 6.85. The van der Waals surface area contributed by atoms with Gasteiger partial charge in [-0.2, -0.15) is 0 Å². The van der Waals surface area contributed by atoms with Crippen LogP contribution in [0.4, 0.5) is 0 Å². The zero-order valence-corrected chi connectivity index (χ0v) is 12.8. The van der Waals surface area contributed by atoms with Crippen LogP contribution >= 0.6 is 11.8 Å². The maximum Gasteiger partial charge on any atom is 0.142 e. The van der Waals surface area contributed by atoms with Gasteiger partial charge in [-0.25, -0.2) is 0 Å². The molecule has 3 heterocycles. The highest BCUT2D eigenvalue weighted by molar-refractivity contribution is 7.99. The van der Waals surface area contributed by atoms with Gasteiger partial charge >= 0.3 is 0 Å². The van der Waals surface area contributed by atoms with Crippen molar-refractivity contribution in [3.63, 3.8) is 0 Å². The van der Waals surface area contributed by atoms with E-state index in [0.717, 1.165) is 37.4 Å². The maximum absolute atomic E-state index is 6.17. The van der Waals surface area contributed by atoms with Crippen LogP contribution in [0.1, 0.15) is 22.3 Å². The van der Waals surface area contributed by atoms with Gasteiger partial charge in [0.15, 0.2) is 0 Å². The van der Waals surface area contributed by atoms with Crippen LogP contribution in [0.15, 0.2) is 44.0 Å². The molecule has 3 nitrogen and oxygen atoms in total. The van der Waals surface area contributed by atoms with Gasteiger partial charge in [-0.15, -0.1) is 0 Å². The molecule has 0 saturated heterocycles. The highest BCUT2D eigenvalue weighted by Crippen LogP contribution is 2.48. The molecule has 3 aliphatic rings. The van der Waals surface area contributed by atoms with Crippen molar-refractivity contribution in [2.45, 2.75) is 22.6 Å². The third-order valence-corrected chi connectivity index (χ3v) is 5.41. The van der Waals surface area contributed by atoms with Crippen molar-refractivity contribution in [2.75, 3.05) is 13.1 Å². The smallest absolute Gasteiger partial charge is 0.142 e. The van der Waals surface area contributed by atoms with Crippen LogP contribution in [-0.2, 0) is 12.8 Å². The van der Waals surface area contributed by atoms with Crippen LogP contribution in [0.3, 0.4) is 0 Å². The summed E-state index contributed by atoms with van der Waals surface area (Å²) in [6.07, 6.45) is 5.96. The van der Waals surface area contributed by atoms with Crippen molar-refractivity contribution in [3.05, 3.63) is 46.5 Å². The monoisotopic (exact) mass is 306 g/mol.